The fourth-order valence-electron chi connectivity index (χ4n) is 7.72. The Bertz CT molecular complexity index is 1110. The first kappa shape index (κ1) is 28.2. The Kier molecular flexibility index (Phi) is 7.44. The van der Waals surface area contributed by atoms with E-state index in [9.17, 15) is 34.2 Å². The maximum Gasteiger partial charge on any atom is 0.325 e. The molecule has 1 amide bonds. The van der Waals surface area contributed by atoms with Crippen molar-refractivity contribution in [3.63, 3.8) is 0 Å². The van der Waals surface area contributed by atoms with Crippen LogP contribution < -0.4 is 5.32 Å². The van der Waals surface area contributed by atoms with Gasteiger partial charge in [0.2, 0.25) is 11.7 Å². The normalized spacial score (nSPS) is 38.2. The molecular weight excluding hydrogens is 494 g/mol. The molecule has 38 heavy (non-hydrogen) atoms. The molecule has 208 valence electrons. The van der Waals surface area contributed by atoms with E-state index < -0.39 is 58.8 Å². The average molecular weight is 532 g/mol. The Morgan fingerprint density at radius 2 is 1.89 bits per heavy atom. The third-order valence-corrected chi connectivity index (χ3v) is 9.78. The van der Waals surface area contributed by atoms with Gasteiger partial charge in [0.25, 0.3) is 0 Å². The number of ketones is 2. The summed E-state index contributed by atoms with van der Waals surface area (Å²) in [5, 5.41) is 34.2. The van der Waals surface area contributed by atoms with Gasteiger partial charge >= 0.3 is 11.9 Å². The van der Waals surface area contributed by atoms with Crippen LogP contribution in [0, 0.1) is 28.6 Å². The molecule has 3 saturated carbocycles. The number of rotatable bonds is 8. The van der Waals surface area contributed by atoms with Crippen molar-refractivity contribution in [3.8, 4) is 0 Å². The minimum Gasteiger partial charge on any atom is -0.480 e. The molecule has 0 aliphatic heterocycles. The van der Waals surface area contributed by atoms with Gasteiger partial charge in [0.1, 0.15) is 11.6 Å². The van der Waals surface area contributed by atoms with Crippen LogP contribution in [0.1, 0.15) is 65.7 Å². The van der Waals surface area contributed by atoms with Crippen LogP contribution >= 0.6 is 0 Å². The number of carbonyl (C=O) groups excluding carboxylic acids is 4. The fraction of sp³-hybridized carbons (Fsp3) is 0.679. The zero-order chi connectivity index (χ0) is 28.0. The first-order valence-corrected chi connectivity index (χ1v) is 13.3. The van der Waals surface area contributed by atoms with Crippen LogP contribution in [0.15, 0.2) is 23.8 Å². The smallest absolute Gasteiger partial charge is 0.325 e. The van der Waals surface area contributed by atoms with Crippen LogP contribution in [0.3, 0.4) is 0 Å². The average Bonchev–Trinajstić information content (AvgIpc) is 3.12. The molecule has 4 rings (SSSR count). The van der Waals surface area contributed by atoms with Gasteiger partial charge in [-0.3, -0.25) is 24.0 Å². The molecule has 4 aliphatic carbocycles. The van der Waals surface area contributed by atoms with Gasteiger partial charge in [0.05, 0.1) is 12.5 Å². The number of aliphatic hydroxyl groups excluding tert-OH is 1. The van der Waals surface area contributed by atoms with E-state index in [0.717, 1.165) is 18.4 Å². The highest BCUT2D eigenvalue weighted by Crippen LogP contribution is 2.67. The third-order valence-electron chi connectivity index (χ3n) is 9.78. The van der Waals surface area contributed by atoms with E-state index in [1.54, 1.807) is 12.2 Å². The standard InChI is InChI=1S/C28H37NO9/c1-15(25(35)36)29-22(33)6-7-23(34)38-14-21(32)28(37)11-9-19-18-5-4-16-12-17(30)8-10-26(16,2)24(18)20(31)13-27(19,28)3/h8,10,12,15,18-20,24,31,37H,4-7,9,11,13-14H2,1-3H3,(H,29,33)(H,35,36). The van der Waals surface area contributed by atoms with Crippen LogP contribution in [-0.4, -0.2) is 69.1 Å². The molecule has 0 heterocycles. The molecule has 0 aromatic carbocycles. The molecule has 3 fully saturated rings. The van der Waals surface area contributed by atoms with Gasteiger partial charge in [0, 0.05) is 23.2 Å². The Hall–Kier alpha value is -2.85. The highest BCUT2D eigenvalue weighted by Gasteiger charge is 2.68. The van der Waals surface area contributed by atoms with Crippen LogP contribution in [0.25, 0.3) is 0 Å². The Labute approximate surface area is 221 Å². The highest BCUT2D eigenvalue weighted by atomic mass is 16.5. The van der Waals surface area contributed by atoms with Gasteiger partial charge in [-0.05, 0) is 63.0 Å². The molecular formula is C28H37NO9. The highest BCUT2D eigenvalue weighted by molar-refractivity contribution is 6.01. The summed E-state index contributed by atoms with van der Waals surface area (Å²) in [5.41, 5.74) is -2.10. The zero-order valence-electron chi connectivity index (χ0n) is 22.1. The minimum atomic E-state index is -1.77. The summed E-state index contributed by atoms with van der Waals surface area (Å²) in [6.07, 6.45) is 6.20. The van der Waals surface area contributed by atoms with Crippen LogP contribution in [0.4, 0.5) is 0 Å². The SMILES string of the molecule is CC(NC(=O)CCC(=O)OCC(=O)C1(O)CCC2C3CCC4=CC(=O)C=CC4(C)C3C(O)CC21C)C(=O)O. The summed E-state index contributed by atoms with van der Waals surface area (Å²) in [4.78, 5) is 60.0. The second-order valence-electron chi connectivity index (χ2n) is 11.8. The van der Waals surface area contributed by atoms with Gasteiger partial charge in [-0.2, -0.15) is 0 Å². The number of ether oxygens (including phenoxy) is 1. The third kappa shape index (κ3) is 4.62. The van der Waals surface area contributed by atoms with E-state index in [1.807, 2.05) is 13.0 Å². The van der Waals surface area contributed by atoms with Crippen LogP contribution in [0.2, 0.25) is 0 Å². The van der Waals surface area contributed by atoms with Gasteiger partial charge in [-0.25, -0.2) is 0 Å². The Morgan fingerprint density at radius 1 is 1.18 bits per heavy atom. The molecule has 0 saturated heterocycles. The number of aliphatic carboxylic acids is 1. The van der Waals surface area contributed by atoms with Crippen molar-refractivity contribution in [2.45, 2.75) is 83.5 Å². The largest absolute Gasteiger partial charge is 0.480 e. The first-order chi connectivity index (χ1) is 17.7. The molecule has 0 aromatic heterocycles. The number of hydrogen-bond acceptors (Lipinski definition) is 8. The van der Waals surface area contributed by atoms with Crippen molar-refractivity contribution >= 4 is 29.4 Å². The predicted molar refractivity (Wildman–Crippen MR) is 133 cm³/mol. The number of aliphatic hydroxyl groups is 2. The lowest BCUT2D eigenvalue weighted by molar-refractivity contribution is -0.181. The second-order valence-corrected chi connectivity index (χ2v) is 11.8. The van der Waals surface area contributed by atoms with Crippen molar-refractivity contribution in [3.05, 3.63) is 23.8 Å². The maximum absolute atomic E-state index is 13.3. The lowest BCUT2D eigenvalue weighted by Crippen LogP contribution is -2.61. The van der Waals surface area contributed by atoms with Gasteiger partial charge in [-0.15, -0.1) is 0 Å². The van der Waals surface area contributed by atoms with E-state index in [1.165, 1.54) is 6.92 Å². The quantitative estimate of drug-likeness (QED) is 0.339. The first-order valence-electron chi connectivity index (χ1n) is 13.3. The summed E-state index contributed by atoms with van der Waals surface area (Å²) < 4.78 is 5.08. The lowest BCUT2D eigenvalue weighted by Gasteiger charge is -2.59. The number of fused-ring (bicyclic) bond motifs is 5. The van der Waals surface area contributed by atoms with Crippen molar-refractivity contribution in [2.75, 3.05) is 6.61 Å². The maximum atomic E-state index is 13.3. The molecule has 4 aliphatic rings. The van der Waals surface area contributed by atoms with Crippen LogP contribution in [0.5, 0.6) is 0 Å². The number of allylic oxidation sites excluding steroid dienone is 4. The number of carbonyl (C=O) groups is 5. The van der Waals surface area contributed by atoms with Gasteiger partial charge in [0.15, 0.2) is 12.4 Å². The summed E-state index contributed by atoms with van der Waals surface area (Å²) in [5.74, 6) is -3.41. The number of hydrogen-bond donors (Lipinski definition) is 4. The number of Topliss-reactive ketones (excluding diaryl/α,β-unsaturated/α-hetero) is 1. The van der Waals surface area contributed by atoms with Gasteiger partial charge < -0.3 is 25.4 Å². The van der Waals surface area contributed by atoms with E-state index in [2.05, 4.69) is 12.2 Å². The number of nitrogens with one attached hydrogen (secondary N) is 1. The molecule has 8 atom stereocenters. The molecule has 0 radical (unpaired) electrons. The van der Waals surface area contributed by atoms with E-state index in [-0.39, 0.29) is 49.2 Å². The Balaban J connectivity index is 1.40. The molecule has 8 unspecified atom stereocenters. The van der Waals surface area contributed by atoms with Crippen molar-refractivity contribution < 1.29 is 44.0 Å². The number of carboxylic acid groups (broad SMARTS) is 1. The van der Waals surface area contributed by atoms with E-state index in [0.29, 0.717) is 6.42 Å². The second kappa shape index (κ2) is 10.0. The van der Waals surface area contributed by atoms with Crippen molar-refractivity contribution in [2.24, 2.45) is 28.6 Å². The summed E-state index contributed by atoms with van der Waals surface area (Å²) in [6.45, 7) is 4.54. The summed E-state index contributed by atoms with van der Waals surface area (Å²) in [7, 11) is 0. The topological polar surface area (TPSA) is 167 Å². The fourth-order valence-corrected chi connectivity index (χ4v) is 7.72. The molecule has 0 spiro atoms. The lowest BCUT2D eigenvalue weighted by atomic mass is 9.46. The zero-order valence-corrected chi connectivity index (χ0v) is 22.1. The minimum absolute atomic E-state index is 0.0233. The monoisotopic (exact) mass is 531 g/mol. The molecule has 10 heteroatoms. The number of esters is 1. The van der Waals surface area contributed by atoms with Crippen molar-refractivity contribution in [1.82, 2.24) is 5.32 Å². The number of carboxylic acids is 1. The predicted octanol–water partition coefficient (Wildman–Crippen LogP) is 1.48. The van der Waals surface area contributed by atoms with Crippen molar-refractivity contribution in [1.29, 1.82) is 0 Å². The Morgan fingerprint density at radius 3 is 2.58 bits per heavy atom. The summed E-state index contributed by atoms with van der Waals surface area (Å²) in [6, 6.07) is -1.10. The number of amides is 1. The van der Waals surface area contributed by atoms with E-state index >= 15 is 0 Å². The van der Waals surface area contributed by atoms with Crippen LogP contribution in [-0.2, 0) is 28.7 Å². The summed E-state index contributed by atoms with van der Waals surface area (Å²) >= 11 is 0. The molecule has 4 N–H and O–H groups in total. The molecule has 0 bridgehead atoms. The van der Waals surface area contributed by atoms with Gasteiger partial charge in [-0.1, -0.05) is 25.5 Å². The molecule has 0 aromatic rings. The molecule has 10 nitrogen and oxygen atoms in total. The van der Waals surface area contributed by atoms with E-state index in [4.69, 9.17) is 9.84 Å².